The Balaban J connectivity index is 2.85. The molecule has 3 nitrogen and oxygen atoms in total. The number of nitrogens with zero attached hydrogens (tertiary/aromatic N) is 1. The Labute approximate surface area is 93.5 Å². The summed E-state index contributed by atoms with van der Waals surface area (Å²) in [6.07, 6.45) is 1.87. The van der Waals surface area contributed by atoms with E-state index in [1.165, 1.54) is 11.8 Å². The topological polar surface area (TPSA) is 52.9 Å². The molecule has 0 saturated carbocycles. The second-order valence-electron chi connectivity index (χ2n) is 3.12. The minimum Gasteiger partial charge on any atom is -0.325 e. The molecule has 0 aromatic heterocycles. The van der Waals surface area contributed by atoms with Gasteiger partial charge in [0.15, 0.2) is 0 Å². The first-order chi connectivity index (χ1) is 7.17. The summed E-state index contributed by atoms with van der Waals surface area (Å²) in [7, 11) is 0. The van der Waals surface area contributed by atoms with Gasteiger partial charge in [0.05, 0.1) is 17.4 Å². The van der Waals surface area contributed by atoms with Crippen molar-refractivity contribution in [3.8, 4) is 6.07 Å². The van der Waals surface area contributed by atoms with Crippen LogP contribution in [0.5, 0.6) is 0 Å². The molecule has 0 heterocycles. The second kappa shape index (κ2) is 5.42. The molecule has 0 aliphatic rings. The van der Waals surface area contributed by atoms with Crippen molar-refractivity contribution in [3.05, 3.63) is 29.3 Å². The third kappa shape index (κ3) is 3.30. The van der Waals surface area contributed by atoms with Crippen LogP contribution < -0.4 is 5.32 Å². The van der Waals surface area contributed by atoms with Crippen molar-refractivity contribution in [2.75, 3.05) is 17.3 Å². The maximum absolute atomic E-state index is 11.3. The van der Waals surface area contributed by atoms with E-state index in [4.69, 9.17) is 5.26 Å². The lowest BCUT2D eigenvalue weighted by molar-refractivity contribution is -0.113. The lowest BCUT2D eigenvalue weighted by atomic mass is 10.1. The number of aryl methyl sites for hydroxylation is 1. The highest BCUT2D eigenvalue weighted by atomic mass is 32.2. The molecule has 1 aromatic rings. The van der Waals surface area contributed by atoms with Gasteiger partial charge in [0, 0.05) is 5.69 Å². The van der Waals surface area contributed by atoms with Crippen LogP contribution in [0.1, 0.15) is 11.1 Å². The van der Waals surface area contributed by atoms with Crippen molar-refractivity contribution in [3.63, 3.8) is 0 Å². The molecule has 0 aliphatic carbocycles. The van der Waals surface area contributed by atoms with Crippen LogP contribution in [0, 0.1) is 18.3 Å². The van der Waals surface area contributed by atoms with Crippen LogP contribution in [-0.4, -0.2) is 17.9 Å². The van der Waals surface area contributed by atoms with Gasteiger partial charge < -0.3 is 5.32 Å². The number of nitrogens with one attached hydrogen (secondary N) is 1. The van der Waals surface area contributed by atoms with Gasteiger partial charge in [-0.05, 0) is 30.9 Å². The molecule has 1 rings (SSSR count). The van der Waals surface area contributed by atoms with Crippen LogP contribution in [0.15, 0.2) is 18.2 Å². The molecule has 0 radical (unpaired) electrons. The molecule has 0 bridgehead atoms. The van der Waals surface area contributed by atoms with Crippen molar-refractivity contribution >= 4 is 23.4 Å². The average Bonchev–Trinajstić information content (AvgIpc) is 2.21. The van der Waals surface area contributed by atoms with E-state index in [1.807, 2.05) is 25.3 Å². The van der Waals surface area contributed by atoms with E-state index in [0.29, 0.717) is 17.0 Å². The molecule has 78 valence electrons. The molecule has 1 N–H and O–H groups in total. The summed E-state index contributed by atoms with van der Waals surface area (Å²) >= 11 is 1.47. The van der Waals surface area contributed by atoms with Gasteiger partial charge >= 0.3 is 0 Å². The normalized spacial score (nSPS) is 9.40. The lowest BCUT2D eigenvalue weighted by Crippen LogP contribution is -2.14. The van der Waals surface area contributed by atoms with Gasteiger partial charge in [-0.25, -0.2) is 0 Å². The van der Waals surface area contributed by atoms with Crippen LogP contribution >= 0.6 is 11.8 Å². The average molecular weight is 220 g/mol. The third-order valence-electron chi connectivity index (χ3n) is 1.92. The standard InChI is InChI=1S/C11H12N2OS/c1-8-3-4-9(6-12)5-10(8)13-11(14)7-15-2/h3-5H,7H2,1-2H3,(H,13,14). The number of rotatable bonds is 3. The maximum atomic E-state index is 11.3. The molecule has 0 unspecified atom stereocenters. The molecule has 4 heteroatoms. The number of benzene rings is 1. The number of carbonyl (C=O) groups excluding carboxylic acids is 1. The van der Waals surface area contributed by atoms with E-state index >= 15 is 0 Å². The lowest BCUT2D eigenvalue weighted by Gasteiger charge is -2.07. The van der Waals surface area contributed by atoms with Gasteiger partial charge in [-0.2, -0.15) is 17.0 Å². The number of hydrogen-bond donors (Lipinski definition) is 1. The van der Waals surface area contributed by atoms with Gasteiger partial charge in [-0.15, -0.1) is 0 Å². The summed E-state index contributed by atoms with van der Waals surface area (Å²) in [6.45, 7) is 1.90. The molecule has 0 spiro atoms. The number of carbonyl (C=O) groups is 1. The molecule has 1 amide bonds. The number of anilines is 1. The number of hydrogen-bond acceptors (Lipinski definition) is 3. The minimum atomic E-state index is -0.0410. The Hall–Kier alpha value is -1.47. The van der Waals surface area contributed by atoms with E-state index < -0.39 is 0 Å². The highest BCUT2D eigenvalue weighted by Crippen LogP contribution is 2.16. The fraction of sp³-hybridized carbons (Fsp3) is 0.273. The van der Waals surface area contributed by atoms with Gasteiger partial charge in [-0.1, -0.05) is 6.07 Å². The Bertz CT molecular complexity index is 410. The first-order valence-electron chi connectivity index (χ1n) is 4.47. The summed E-state index contributed by atoms with van der Waals surface area (Å²) in [4.78, 5) is 11.3. The molecule has 0 atom stereocenters. The number of nitriles is 1. The fourth-order valence-corrected chi connectivity index (χ4v) is 1.48. The van der Waals surface area contributed by atoms with Gasteiger partial charge in [-0.3, -0.25) is 4.79 Å². The first kappa shape index (κ1) is 11.6. The van der Waals surface area contributed by atoms with Gasteiger partial charge in [0.25, 0.3) is 0 Å². The van der Waals surface area contributed by atoms with E-state index in [1.54, 1.807) is 12.1 Å². The van der Waals surface area contributed by atoms with Crippen molar-refractivity contribution in [1.82, 2.24) is 0 Å². The predicted molar refractivity (Wildman–Crippen MR) is 62.9 cm³/mol. The summed E-state index contributed by atoms with van der Waals surface area (Å²) in [5.74, 6) is 0.386. The molecule has 15 heavy (non-hydrogen) atoms. The molecule has 0 aliphatic heterocycles. The maximum Gasteiger partial charge on any atom is 0.234 e. The third-order valence-corrected chi connectivity index (χ3v) is 2.47. The number of thioether (sulfide) groups is 1. The monoisotopic (exact) mass is 220 g/mol. The summed E-state index contributed by atoms with van der Waals surface area (Å²) in [5, 5.41) is 11.5. The highest BCUT2D eigenvalue weighted by molar-refractivity contribution is 7.99. The summed E-state index contributed by atoms with van der Waals surface area (Å²) in [6, 6.07) is 7.29. The zero-order valence-electron chi connectivity index (χ0n) is 8.70. The molecular formula is C11H12N2OS. The van der Waals surface area contributed by atoms with E-state index in [2.05, 4.69) is 5.32 Å². The van der Waals surface area contributed by atoms with Crippen LogP contribution in [-0.2, 0) is 4.79 Å². The molecule has 0 saturated heterocycles. The quantitative estimate of drug-likeness (QED) is 0.849. The van der Waals surface area contributed by atoms with Crippen LogP contribution in [0.25, 0.3) is 0 Å². The number of amides is 1. The highest BCUT2D eigenvalue weighted by Gasteiger charge is 2.04. The SMILES string of the molecule is CSCC(=O)Nc1cc(C#N)ccc1C. The molecule has 0 fully saturated rings. The van der Waals surface area contributed by atoms with Crippen molar-refractivity contribution < 1.29 is 4.79 Å². The van der Waals surface area contributed by atoms with Crippen LogP contribution in [0.4, 0.5) is 5.69 Å². The van der Waals surface area contributed by atoms with E-state index in [-0.39, 0.29) is 5.91 Å². The summed E-state index contributed by atoms with van der Waals surface area (Å²) < 4.78 is 0. The second-order valence-corrected chi connectivity index (χ2v) is 3.99. The largest absolute Gasteiger partial charge is 0.325 e. The van der Waals surface area contributed by atoms with Crippen molar-refractivity contribution in [2.45, 2.75) is 6.92 Å². The fourth-order valence-electron chi connectivity index (χ4n) is 1.14. The Morgan fingerprint density at radius 3 is 2.93 bits per heavy atom. The predicted octanol–water partition coefficient (Wildman–Crippen LogP) is 2.17. The van der Waals surface area contributed by atoms with E-state index in [9.17, 15) is 4.79 Å². The minimum absolute atomic E-state index is 0.0410. The zero-order valence-corrected chi connectivity index (χ0v) is 9.52. The van der Waals surface area contributed by atoms with Gasteiger partial charge in [0.2, 0.25) is 5.91 Å². The Morgan fingerprint density at radius 2 is 2.33 bits per heavy atom. The smallest absolute Gasteiger partial charge is 0.234 e. The summed E-state index contributed by atoms with van der Waals surface area (Å²) in [5.41, 5.74) is 2.23. The first-order valence-corrected chi connectivity index (χ1v) is 5.86. The molecule has 1 aromatic carbocycles. The van der Waals surface area contributed by atoms with E-state index in [0.717, 1.165) is 5.56 Å². The van der Waals surface area contributed by atoms with Crippen molar-refractivity contribution in [1.29, 1.82) is 5.26 Å². The van der Waals surface area contributed by atoms with Gasteiger partial charge in [0.1, 0.15) is 0 Å². The van der Waals surface area contributed by atoms with Crippen molar-refractivity contribution in [2.24, 2.45) is 0 Å². The zero-order chi connectivity index (χ0) is 11.3. The van der Waals surface area contributed by atoms with Crippen LogP contribution in [0.2, 0.25) is 0 Å². The Kier molecular flexibility index (Phi) is 4.19. The van der Waals surface area contributed by atoms with Crippen LogP contribution in [0.3, 0.4) is 0 Å². The molecular weight excluding hydrogens is 208 g/mol. The Morgan fingerprint density at radius 1 is 1.60 bits per heavy atom.